The van der Waals surface area contributed by atoms with Gasteiger partial charge in [0.2, 0.25) is 0 Å². The van der Waals surface area contributed by atoms with Crippen molar-refractivity contribution in [3.05, 3.63) is 35.7 Å². The summed E-state index contributed by atoms with van der Waals surface area (Å²) in [5.74, 6) is -3.94. The number of carbonyl (C=O) groups is 2. The van der Waals surface area contributed by atoms with E-state index in [0.29, 0.717) is 12.8 Å². The highest BCUT2D eigenvalue weighted by Crippen LogP contribution is 2.36. The Labute approximate surface area is 134 Å². The Morgan fingerprint density at radius 3 is 2.62 bits per heavy atom. The number of pyridine rings is 2. The molecule has 1 unspecified atom stereocenters. The normalized spacial score (nSPS) is 15.8. The molecule has 0 N–H and O–H groups in total. The zero-order valence-corrected chi connectivity index (χ0v) is 12.2. The molecule has 8 heteroatoms. The molecule has 2 aromatic heterocycles. The SMILES string of the molecule is N#CC(C(=O)c1cc2cccnc2nc1C(F)(F)F)C(=O)C1CC1. The van der Waals surface area contributed by atoms with E-state index in [2.05, 4.69) is 9.97 Å². The summed E-state index contributed by atoms with van der Waals surface area (Å²) in [6.07, 6.45) is -2.52. The second kappa shape index (κ2) is 5.67. The van der Waals surface area contributed by atoms with Crippen LogP contribution in [0, 0.1) is 23.2 Å². The van der Waals surface area contributed by atoms with E-state index in [1.165, 1.54) is 24.4 Å². The van der Waals surface area contributed by atoms with Gasteiger partial charge in [0.15, 0.2) is 28.8 Å². The van der Waals surface area contributed by atoms with E-state index in [4.69, 9.17) is 5.26 Å². The van der Waals surface area contributed by atoms with Gasteiger partial charge in [-0.25, -0.2) is 9.97 Å². The molecule has 0 saturated heterocycles. The third-order valence-corrected chi connectivity index (χ3v) is 3.78. The molecule has 1 atom stereocenters. The van der Waals surface area contributed by atoms with Gasteiger partial charge in [-0.15, -0.1) is 0 Å². The first-order valence-corrected chi connectivity index (χ1v) is 7.13. The quantitative estimate of drug-likeness (QED) is 0.634. The Bertz CT molecular complexity index is 882. The Balaban J connectivity index is 2.14. The third-order valence-electron chi connectivity index (χ3n) is 3.78. The van der Waals surface area contributed by atoms with Crippen LogP contribution in [-0.4, -0.2) is 21.5 Å². The summed E-state index contributed by atoms with van der Waals surface area (Å²) in [6, 6.07) is 5.47. The molecule has 1 saturated carbocycles. The topological polar surface area (TPSA) is 83.7 Å². The smallest absolute Gasteiger partial charge is 0.297 e. The van der Waals surface area contributed by atoms with Gasteiger partial charge in [-0.3, -0.25) is 9.59 Å². The van der Waals surface area contributed by atoms with Crippen LogP contribution in [0.5, 0.6) is 0 Å². The molecule has 0 aromatic carbocycles. The molecule has 5 nitrogen and oxygen atoms in total. The Kier molecular flexibility index (Phi) is 3.79. The fourth-order valence-electron chi connectivity index (χ4n) is 2.42. The van der Waals surface area contributed by atoms with Crippen molar-refractivity contribution in [2.24, 2.45) is 11.8 Å². The van der Waals surface area contributed by atoms with Crippen molar-refractivity contribution >= 4 is 22.6 Å². The van der Waals surface area contributed by atoms with Gasteiger partial charge >= 0.3 is 6.18 Å². The van der Waals surface area contributed by atoms with Gasteiger partial charge in [-0.2, -0.15) is 18.4 Å². The second-order valence-corrected chi connectivity index (χ2v) is 5.54. The number of aromatic nitrogens is 2. The summed E-state index contributed by atoms with van der Waals surface area (Å²) in [6.45, 7) is 0. The van der Waals surface area contributed by atoms with E-state index in [1.807, 2.05) is 0 Å². The maximum Gasteiger partial charge on any atom is 0.434 e. The van der Waals surface area contributed by atoms with Crippen molar-refractivity contribution in [3.8, 4) is 6.07 Å². The number of carbonyl (C=O) groups excluding carboxylic acids is 2. The number of halogens is 3. The molecule has 1 fully saturated rings. The minimum atomic E-state index is -4.90. The molecule has 0 aliphatic heterocycles. The van der Waals surface area contributed by atoms with Gasteiger partial charge < -0.3 is 0 Å². The molecule has 0 spiro atoms. The van der Waals surface area contributed by atoms with E-state index < -0.39 is 40.8 Å². The highest BCUT2D eigenvalue weighted by Gasteiger charge is 2.43. The first kappa shape index (κ1) is 16.1. The predicted molar refractivity (Wildman–Crippen MR) is 75.7 cm³/mol. The van der Waals surface area contributed by atoms with E-state index in [1.54, 1.807) is 0 Å². The minimum absolute atomic E-state index is 0.164. The summed E-state index contributed by atoms with van der Waals surface area (Å²) < 4.78 is 39.8. The van der Waals surface area contributed by atoms with Crippen molar-refractivity contribution in [1.29, 1.82) is 5.26 Å². The van der Waals surface area contributed by atoms with Crippen LogP contribution in [0.4, 0.5) is 13.2 Å². The van der Waals surface area contributed by atoms with Crippen molar-refractivity contribution in [1.82, 2.24) is 9.97 Å². The number of nitrogens with zero attached hydrogens (tertiary/aromatic N) is 3. The second-order valence-electron chi connectivity index (χ2n) is 5.54. The van der Waals surface area contributed by atoms with Gasteiger partial charge in [0.1, 0.15) is 0 Å². The average Bonchev–Trinajstić information content (AvgIpc) is 3.38. The van der Waals surface area contributed by atoms with E-state index in [-0.39, 0.29) is 11.0 Å². The number of hydrogen-bond acceptors (Lipinski definition) is 5. The van der Waals surface area contributed by atoms with Gasteiger partial charge in [0.05, 0.1) is 11.6 Å². The van der Waals surface area contributed by atoms with Crippen LogP contribution in [0.15, 0.2) is 24.4 Å². The molecule has 1 aliphatic carbocycles. The monoisotopic (exact) mass is 333 g/mol. The number of alkyl halides is 3. The maximum atomic E-state index is 13.3. The molecule has 122 valence electrons. The van der Waals surface area contributed by atoms with Crippen molar-refractivity contribution in [3.63, 3.8) is 0 Å². The number of fused-ring (bicyclic) bond motifs is 1. The van der Waals surface area contributed by atoms with Crippen LogP contribution in [0.3, 0.4) is 0 Å². The maximum absolute atomic E-state index is 13.3. The Morgan fingerprint density at radius 1 is 1.33 bits per heavy atom. The summed E-state index contributed by atoms with van der Waals surface area (Å²) in [5, 5.41) is 9.33. The standard InChI is InChI=1S/C16H10F3N3O2/c17-16(18,19)14-10(6-9-2-1-5-21-15(9)22-14)13(24)11(7-20)12(23)8-3-4-8/h1-2,5-6,8,11H,3-4H2. The van der Waals surface area contributed by atoms with Gasteiger partial charge in [0, 0.05) is 17.5 Å². The summed E-state index contributed by atoms with van der Waals surface area (Å²) in [5.41, 5.74) is -2.37. The largest absolute Gasteiger partial charge is 0.434 e. The van der Waals surface area contributed by atoms with Crippen molar-refractivity contribution in [2.75, 3.05) is 0 Å². The lowest BCUT2D eigenvalue weighted by molar-refractivity contribution is -0.141. The molecular weight excluding hydrogens is 323 g/mol. The summed E-state index contributed by atoms with van der Waals surface area (Å²) in [7, 11) is 0. The Hall–Kier alpha value is -2.82. The summed E-state index contributed by atoms with van der Waals surface area (Å²) in [4.78, 5) is 31.6. The molecule has 0 amide bonds. The molecule has 3 rings (SSSR count). The Morgan fingerprint density at radius 2 is 2.04 bits per heavy atom. The van der Waals surface area contributed by atoms with E-state index in [0.717, 1.165) is 6.07 Å². The number of rotatable bonds is 4. The zero-order valence-electron chi connectivity index (χ0n) is 12.2. The van der Waals surface area contributed by atoms with Crippen LogP contribution in [0.1, 0.15) is 28.9 Å². The molecule has 0 bridgehead atoms. The highest BCUT2D eigenvalue weighted by atomic mass is 19.4. The van der Waals surface area contributed by atoms with Gasteiger partial charge in [-0.1, -0.05) is 0 Å². The number of hydrogen-bond donors (Lipinski definition) is 0. The molecule has 0 radical (unpaired) electrons. The number of Topliss-reactive ketones (excluding diaryl/α,β-unsaturated/α-hetero) is 2. The first-order valence-electron chi connectivity index (χ1n) is 7.13. The predicted octanol–water partition coefficient (Wildman–Crippen LogP) is 2.95. The molecule has 2 heterocycles. The summed E-state index contributed by atoms with van der Waals surface area (Å²) >= 11 is 0. The lowest BCUT2D eigenvalue weighted by atomic mass is 9.91. The zero-order chi connectivity index (χ0) is 17.5. The van der Waals surface area contributed by atoms with Crippen LogP contribution >= 0.6 is 0 Å². The fraction of sp³-hybridized carbons (Fsp3) is 0.312. The van der Waals surface area contributed by atoms with Gasteiger partial charge in [-0.05, 0) is 31.0 Å². The fourth-order valence-corrected chi connectivity index (χ4v) is 2.42. The molecule has 2 aromatic rings. The minimum Gasteiger partial charge on any atom is -0.297 e. The van der Waals surface area contributed by atoms with Crippen molar-refractivity contribution < 1.29 is 22.8 Å². The molecule has 24 heavy (non-hydrogen) atoms. The van der Waals surface area contributed by atoms with Gasteiger partial charge in [0.25, 0.3) is 0 Å². The number of nitriles is 1. The molecule has 1 aliphatic rings. The van der Waals surface area contributed by atoms with Crippen molar-refractivity contribution in [2.45, 2.75) is 19.0 Å². The van der Waals surface area contributed by atoms with Crippen LogP contribution in [0.2, 0.25) is 0 Å². The lowest BCUT2D eigenvalue weighted by Crippen LogP contribution is -2.27. The lowest BCUT2D eigenvalue weighted by Gasteiger charge is -2.14. The third kappa shape index (κ3) is 2.85. The van der Waals surface area contributed by atoms with E-state index in [9.17, 15) is 22.8 Å². The van der Waals surface area contributed by atoms with E-state index >= 15 is 0 Å². The average molecular weight is 333 g/mol. The van der Waals surface area contributed by atoms with Crippen LogP contribution < -0.4 is 0 Å². The first-order chi connectivity index (χ1) is 11.3. The van der Waals surface area contributed by atoms with Crippen LogP contribution in [-0.2, 0) is 11.0 Å². The van der Waals surface area contributed by atoms with Crippen LogP contribution in [0.25, 0.3) is 11.0 Å². The molecular formula is C16H10F3N3O2. The highest BCUT2D eigenvalue weighted by molar-refractivity contribution is 6.15. The number of ketones is 2.